The Kier molecular flexibility index (Phi) is 10.2. The Morgan fingerprint density at radius 2 is 2.08 bits per heavy atom. The number of ether oxygens (including phenoxy) is 1. The molecule has 0 aromatic heterocycles. The number of rotatable bonds is 6. The molecule has 1 unspecified atom stereocenters. The minimum Gasteiger partial charge on any atom is -0.496 e. The Hall–Kier alpha value is -1.02. The van der Waals surface area contributed by atoms with Crippen molar-refractivity contribution >= 4 is 29.9 Å². The maximum absolute atomic E-state index is 5.39. The van der Waals surface area contributed by atoms with Crippen molar-refractivity contribution in [1.82, 2.24) is 15.5 Å². The molecule has 0 amide bonds. The van der Waals surface area contributed by atoms with E-state index >= 15 is 0 Å². The second-order valence-corrected chi connectivity index (χ2v) is 6.72. The van der Waals surface area contributed by atoms with Gasteiger partial charge in [0.15, 0.2) is 5.96 Å². The molecule has 1 saturated heterocycles. The molecule has 1 heterocycles. The predicted molar refractivity (Wildman–Crippen MR) is 116 cm³/mol. The van der Waals surface area contributed by atoms with Crippen molar-refractivity contribution in [2.75, 3.05) is 33.8 Å². The molecule has 0 aliphatic carbocycles. The van der Waals surface area contributed by atoms with Crippen molar-refractivity contribution in [3.05, 3.63) is 29.8 Å². The van der Waals surface area contributed by atoms with Gasteiger partial charge in [-0.2, -0.15) is 0 Å². The van der Waals surface area contributed by atoms with E-state index in [1.807, 2.05) is 25.2 Å². The van der Waals surface area contributed by atoms with Gasteiger partial charge in [0.1, 0.15) is 5.75 Å². The molecule has 1 aliphatic rings. The first-order valence-corrected chi connectivity index (χ1v) is 8.94. The summed E-state index contributed by atoms with van der Waals surface area (Å²) in [6.07, 6.45) is 2.58. The van der Waals surface area contributed by atoms with E-state index in [1.165, 1.54) is 25.9 Å². The van der Waals surface area contributed by atoms with Crippen LogP contribution in [0.3, 0.4) is 0 Å². The van der Waals surface area contributed by atoms with Crippen molar-refractivity contribution < 1.29 is 4.74 Å². The Labute approximate surface area is 169 Å². The van der Waals surface area contributed by atoms with Gasteiger partial charge in [0.25, 0.3) is 0 Å². The Bertz CT molecular complexity index is 536. The average molecular weight is 460 g/mol. The van der Waals surface area contributed by atoms with Crippen LogP contribution in [0.4, 0.5) is 0 Å². The van der Waals surface area contributed by atoms with Gasteiger partial charge < -0.3 is 20.3 Å². The summed E-state index contributed by atoms with van der Waals surface area (Å²) >= 11 is 0. The fourth-order valence-corrected chi connectivity index (χ4v) is 3.22. The van der Waals surface area contributed by atoms with Gasteiger partial charge in [-0.05, 0) is 45.2 Å². The summed E-state index contributed by atoms with van der Waals surface area (Å²) in [6.45, 7) is 8.64. The quantitative estimate of drug-likeness (QED) is 0.389. The van der Waals surface area contributed by atoms with Crippen LogP contribution in [0.15, 0.2) is 29.3 Å². The van der Waals surface area contributed by atoms with E-state index in [2.05, 4.69) is 40.4 Å². The number of nitrogens with one attached hydrogen (secondary N) is 2. The van der Waals surface area contributed by atoms with Crippen LogP contribution in [0.2, 0.25) is 0 Å². The Morgan fingerprint density at radius 1 is 1.32 bits per heavy atom. The van der Waals surface area contributed by atoms with Crippen LogP contribution in [0, 0.1) is 5.92 Å². The second kappa shape index (κ2) is 11.6. The third kappa shape index (κ3) is 7.01. The van der Waals surface area contributed by atoms with Crippen LogP contribution in [-0.4, -0.2) is 50.7 Å². The number of methoxy groups -OCH3 is 1. The van der Waals surface area contributed by atoms with Crippen molar-refractivity contribution in [2.24, 2.45) is 10.9 Å². The Balaban J connectivity index is 0.00000312. The molecule has 1 fully saturated rings. The summed E-state index contributed by atoms with van der Waals surface area (Å²) in [7, 11) is 3.52. The molecule has 2 N–H and O–H groups in total. The zero-order valence-corrected chi connectivity index (χ0v) is 18.2. The SMILES string of the molecule is CN=C(NCc1ccccc1OC)NCC1CCCN(C(C)C)C1.I. The normalized spacial score (nSPS) is 18.6. The molecule has 142 valence electrons. The minimum absolute atomic E-state index is 0. The summed E-state index contributed by atoms with van der Waals surface area (Å²) in [5, 5.41) is 6.86. The van der Waals surface area contributed by atoms with Gasteiger partial charge in [-0.15, -0.1) is 24.0 Å². The predicted octanol–water partition coefficient (Wildman–Crippen LogP) is 3.10. The van der Waals surface area contributed by atoms with Crippen LogP contribution < -0.4 is 15.4 Å². The molecule has 5 nitrogen and oxygen atoms in total. The van der Waals surface area contributed by atoms with Crippen molar-refractivity contribution in [1.29, 1.82) is 0 Å². The van der Waals surface area contributed by atoms with Crippen LogP contribution in [0.1, 0.15) is 32.3 Å². The lowest BCUT2D eigenvalue weighted by molar-refractivity contribution is 0.141. The molecule has 0 spiro atoms. The van der Waals surface area contributed by atoms with Crippen molar-refractivity contribution in [3.8, 4) is 5.75 Å². The number of benzene rings is 1. The van der Waals surface area contributed by atoms with Gasteiger partial charge in [0.2, 0.25) is 0 Å². The lowest BCUT2D eigenvalue weighted by atomic mass is 9.97. The minimum atomic E-state index is 0. The monoisotopic (exact) mass is 460 g/mol. The smallest absolute Gasteiger partial charge is 0.191 e. The van der Waals surface area contributed by atoms with E-state index in [0.29, 0.717) is 18.5 Å². The third-order valence-corrected chi connectivity index (χ3v) is 4.70. The number of guanidine groups is 1. The van der Waals surface area contributed by atoms with Crippen molar-refractivity contribution in [3.63, 3.8) is 0 Å². The highest BCUT2D eigenvalue weighted by Gasteiger charge is 2.21. The summed E-state index contributed by atoms with van der Waals surface area (Å²) in [6, 6.07) is 8.70. The number of aliphatic imine (C=N–C) groups is 1. The second-order valence-electron chi connectivity index (χ2n) is 6.72. The number of para-hydroxylation sites is 1. The number of piperidine rings is 1. The summed E-state index contributed by atoms with van der Waals surface area (Å²) in [5.74, 6) is 2.44. The number of likely N-dealkylation sites (tertiary alicyclic amines) is 1. The van der Waals surface area contributed by atoms with Gasteiger partial charge in [0.05, 0.1) is 7.11 Å². The maximum atomic E-state index is 5.39. The first kappa shape index (κ1) is 22.0. The molecule has 25 heavy (non-hydrogen) atoms. The molecule has 0 saturated carbocycles. The van der Waals surface area contributed by atoms with E-state index in [1.54, 1.807) is 7.11 Å². The van der Waals surface area contributed by atoms with Gasteiger partial charge in [-0.1, -0.05) is 18.2 Å². The van der Waals surface area contributed by atoms with E-state index in [9.17, 15) is 0 Å². The number of nitrogens with zero attached hydrogens (tertiary/aromatic N) is 2. The summed E-state index contributed by atoms with van der Waals surface area (Å²) < 4.78 is 5.39. The largest absolute Gasteiger partial charge is 0.496 e. The average Bonchev–Trinajstić information content (AvgIpc) is 2.62. The summed E-state index contributed by atoms with van der Waals surface area (Å²) in [4.78, 5) is 6.91. The van der Waals surface area contributed by atoms with Crippen molar-refractivity contribution in [2.45, 2.75) is 39.3 Å². The maximum Gasteiger partial charge on any atom is 0.191 e. The van der Waals surface area contributed by atoms with E-state index in [-0.39, 0.29) is 24.0 Å². The van der Waals surface area contributed by atoms with Gasteiger partial charge in [-0.25, -0.2) is 0 Å². The number of halogens is 1. The molecule has 1 aliphatic heterocycles. The van der Waals surface area contributed by atoms with Crippen LogP contribution in [0.25, 0.3) is 0 Å². The molecule has 1 atom stereocenters. The standard InChI is InChI=1S/C19H32N4O.HI/c1-15(2)23-11-7-8-16(14-23)12-21-19(20-3)22-13-17-9-5-6-10-18(17)24-4;/h5-6,9-10,15-16H,7-8,11-14H2,1-4H3,(H2,20,21,22);1H. The molecular formula is C19H33IN4O. The fourth-order valence-electron chi connectivity index (χ4n) is 3.22. The molecular weight excluding hydrogens is 427 g/mol. The lowest BCUT2D eigenvalue weighted by Gasteiger charge is -2.35. The molecule has 1 aromatic carbocycles. The van der Waals surface area contributed by atoms with Crippen LogP contribution in [-0.2, 0) is 6.54 Å². The molecule has 0 bridgehead atoms. The van der Waals surface area contributed by atoms with Crippen LogP contribution >= 0.6 is 24.0 Å². The number of hydrogen-bond donors (Lipinski definition) is 2. The van der Waals surface area contributed by atoms with Crippen LogP contribution in [0.5, 0.6) is 5.75 Å². The van der Waals surface area contributed by atoms with Gasteiger partial charge >= 0.3 is 0 Å². The zero-order valence-electron chi connectivity index (χ0n) is 15.9. The highest BCUT2D eigenvalue weighted by atomic mass is 127. The first-order valence-electron chi connectivity index (χ1n) is 8.94. The molecule has 1 aromatic rings. The Morgan fingerprint density at radius 3 is 2.76 bits per heavy atom. The van der Waals surface area contributed by atoms with Gasteiger partial charge in [-0.3, -0.25) is 4.99 Å². The molecule has 6 heteroatoms. The highest BCUT2D eigenvalue weighted by Crippen LogP contribution is 2.18. The third-order valence-electron chi connectivity index (χ3n) is 4.70. The highest BCUT2D eigenvalue weighted by molar-refractivity contribution is 14.0. The van der Waals surface area contributed by atoms with E-state index < -0.39 is 0 Å². The molecule has 2 rings (SSSR count). The first-order chi connectivity index (χ1) is 11.6. The zero-order chi connectivity index (χ0) is 17.4. The van der Waals surface area contributed by atoms with Gasteiger partial charge in [0, 0.05) is 38.3 Å². The fraction of sp³-hybridized carbons (Fsp3) is 0.632. The lowest BCUT2D eigenvalue weighted by Crippen LogP contribution is -2.46. The van der Waals surface area contributed by atoms with E-state index in [0.717, 1.165) is 23.8 Å². The molecule has 0 radical (unpaired) electrons. The van der Waals surface area contributed by atoms with E-state index in [4.69, 9.17) is 4.74 Å². The summed E-state index contributed by atoms with van der Waals surface area (Å²) in [5.41, 5.74) is 1.13. The topological polar surface area (TPSA) is 48.9 Å². The number of hydrogen-bond acceptors (Lipinski definition) is 3.